The summed E-state index contributed by atoms with van der Waals surface area (Å²) in [6, 6.07) is 10.0. The Balaban J connectivity index is 2.13. The lowest BCUT2D eigenvalue weighted by Crippen LogP contribution is -2.32. The molecule has 1 aliphatic heterocycles. The molecule has 0 saturated carbocycles. The van der Waals surface area contributed by atoms with Gasteiger partial charge in [0.2, 0.25) is 5.95 Å². The second kappa shape index (κ2) is 4.89. The Morgan fingerprint density at radius 2 is 2.25 bits per heavy atom. The molecule has 2 aromatic rings. The van der Waals surface area contributed by atoms with Crippen LogP contribution in [-0.2, 0) is 0 Å². The molecule has 5 heteroatoms. The van der Waals surface area contributed by atoms with Gasteiger partial charge in [-0.25, -0.2) is 4.98 Å². The van der Waals surface area contributed by atoms with E-state index in [-0.39, 0.29) is 6.04 Å². The van der Waals surface area contributed by atoms with Crippen molar-refractivity contribution in [1.82, 2.24) is 9.55 Å². The molecule has 1 aromatic heterocycles. The fourth-order valence-corrected chi connectivity index (χ4v) is 2.65. The third-order valence-corrected chi connectivity index (χ3v) is 3.70. The molecule has 1 aliphatic rings. The van der Waals surface area contributed by atoms with Crippen LogP contribution in [0.2, 0.25) is 0 Å². The number of aromatic nitrogens is 2. The van der Waals surface area contributed by atoms with Gasteiger partial charge in [-0.2, -0.15) is 5.26 Å². The van der Waals surface area contributed by atoms with E-state index < -0.39 is 0 Å². The molecule has 5 nitrogen and oxygen atoms in total. The smallest absolute Gasteiger partial charge is 0.210 e. The van der Waals surface area contributed by atoms with Crippen LogP contribution in [0.15, 0.2) is 29.8 Å². The van der Waals surface area contributed by atoms with Crippen molar-refractivity contribution in [1.29, 1.82) is 5.26 Å². The number of anilines is 1. The summed E-state index contributed by atoms with van der Waals surface area (Å²) in [5.41, 5.74) is 8.63. The Morgan fingerprint density at radius 3 is 3.00 bits per heavy atom. The van der Waals surface area contributed by atoms with Crippen molar-refractivity contribution >= 4 is 22.8 Å². The van der Waals surface area contributed by atoms with E-state index in [2.05, 4.69) is 23.3 Å². The largest absolute Gasteiger partial charge is 0.384 e. The monoisotopic (exact) mass is 267 g/mol. The molecule has 102 valence electrons. The lowest BCUT2D eigenvalue weighted by Gasteiger charge is -2.26. The van der Waals surface area contributed by atoms with E-state index in [0.717, 1.165) is 36.2 Å². The molecular formula is C15H17N5. The number of hydrogen-bond donors (Lipinski definition) is 2. The van der Waals surface area contributed by atoms with E-state index in [9.17, 15) is 5.26 Å². The Labute approximate surface area is 117 Å². The maximum absolute atomic E-state index is 9.40. The van der Waals surface area contributed by atoms with Crippen molar-refractivity contribution < 1.29 is 0 Å². The Kier molecular flexibility index (Phi) is 3.07. The van der Waals surface area contributed by atoms with Crippen LogP contribution in [0.5, 0.6) is 0 Å². The number of imidazole rings is 1. The van der Waals surface area contributed by atoms with Gasteiger partial charge in [0.25, 0.3) is 0 Å². The van der Waals surface area contributed by atoms with Gasteiger partial charge in [-0.05, 0) is 18.6 Å². The van der Waals surface area contributed by atoms with E-state index in [1.807, 2.05) is 28.8 Å². The Hall–Kier alpha value is -2.48. The van der Waals surface area contributed by atoms with Crippen molar-refractivity contribution in [2.75, 3.05) is 5.32 Å². The second-order valence-corrected chi connectivity index (χ2v) is 5.01. The second-order valence-electron chi connectivity index (χ2n) is 5.01. The Morgan fingerprint density at radius 1 is 1.45 bits per heavy atom. The highest BCUT2D eigenvalue weighted by Crippen LogP contribution is 2.30. The van der Waals surface area contributed by atoms with Gasteiger partial charge >= 0.3 is 0 Å². The molecule has 3 rings (SSSR count). The van der Waals surface area contributed by atoms with Crippen molar-refractivity contribution in [2.45, 2.75) is 32.2 Å². The van der Waals surface area contributed by atoms with Gasteiger partial charge in [0, 0.05) is 0 Å². The number of nitriles is 1. The fourth-order valence-electron chi connectivity index (χ4n) is 2.65. The zero-order valence-electron chi connectivity index (χ0n) is 11.4. The van der Waals surface area contributed by atoms with Gasteiger partial charge in [-0.1, -0.05) is 31.9 Å². The highest BCUT2D eigenvalue weighted by atomic mass is 15.3. The first kappa shape index (κ1) is 12.5. The van der Waals surface area contributed by atoms with Gasteiger partial charge in [-0.3, -0.25) is 4.57 Å². The predicted octanol–water partition coefficient (Wildman–Crippen LogP) is 2.67. The number of nitrogens with two attached hydrogens (primary N) is 1. The van der Waals surface area contributed by atoms with Gasteiger partial charge in [0.1, 0.15) is 11.9 Å². The van der Waals surface area contributed by atoms with Crippen LogP contribution in [-0.4, -0.2) is 15.6 Å². The average Bonchev–Trinajstić information content (AvgIpc) is 2.83. The first-order valence-electron chi connectivity index (χ1n) is 6.90. The summed E-state index contributed by atoms with van der Waals surface area (Å²) in [4.78, 5) is 4.56. The SMILES string of the molecule is CCCCC1Nc2nc3ccccc3n2C(N)=C1C#N. The summed E-state index contributed by atoms with van der Waals surface area (Å²) in [6.45, 7) is 2.14. The maximum Gasteiger partial charge on any atom is 0.210 e. The van der Waals surface area contributed by atoms with Crippen LogP contribution in [0.25, 0.3) is 16.9 Å². The number of fused-ring (bicyclic) bond motifs is 3. The van der Waals surface area contributed by atoms with Crippen molar-refractivity contribution in [2.24, 2.45) is 5.73 Å². The lowest BCUT2D eigenvalue weighted by molar-refractivity contribution is 0.655. The Bertz CT molecular complexity index is 719. The molecular weight excluding hydrogens is 250 g/mol. The average molecular weight is 267 g/mol. The van der Waals surface area contributed by atoms with Gasteiger partial charge in [0.05, 0.1) is 22.6 Å². The summed E-state index contributed by atoms with van der Waals surface area (Å²) in [5, 5.41) is 12.7. The van der Waals surface area contributed by atoms with Crippen LogP contribution in [0.3, 0.4) is 0 Å². The molecule has 1 aromatic carbocycles. The molecule has 0 bridgehead atoms. The summed E-state index contributed by atoms with van der Waals surface area (Å²) in [6.07, 6.45) is 3.03. The molecule has 3 N–H and O–H groups in total. The van der Waals surface area contributed by atoms with Crippen molar-refractivity contribution in [3.8, 4) is 6.07 Å². The van der Waals surface area contributed by atoms with Gasteiger partial charge < -0.3 is 11.1 Å². The zero-order valence-corrected chi connectivity index (χ0v) is 11.4. The summed E-state index contributed by atoms with van der Waals surface area (Å²) in [5.74, 6) is 1.22. The number of rotatable bonds is 3. The lowest BCUT2D eigenvalue weighted by atomic mass is 10.0. The van der Waals surface area contributed by atoms with Crippen LogP contribution in [0.4, 0.5) is 5.95 Å². The molecule has 0 saturated heterocycles. The number of nitrogens with zero attached hydrogens (tertiary/aromatic N) is 3. The topological polar surface area (TPSA) is 79.7 Å². The first-order chi connectivity index (χ1) is 9.76. The number of unbranched alkanes of at least 4 members (excludes halogenated alkanes) is 1. The number of benzene rings is 1. The maximum atomic E-state index is 9.40. The fraction of sp³-hybridized carbons (Fsp3) is 0.333. The van der Waals surface area contributed by atoms with Crippen molar-refractivity contribution in [3.05, 3.63) is 29.8 Å². The highest BCUT2D eigenvalue weighted by molar-refractivity contribution is 5.85. The number of para-hydroxylation sites is 2. The highest BCUT2D eigenvalue weighted by Gasteiger charge is 2.27. The quantitative estimate of drug-likeness (QED) is 0.896. The standard InChI is InChI=1S/C15H17N5/c1-2-3-6-11-10(9-16)14(17)20-13-8-5-4-7-12(13)19-15(20)18-11/h4-5,7-8,11H,2-3,6,17H2,1H3,(H,18,19). The van der Waals surface area contributed by atoms with Gasteiger partial charge in [-0.15, -0.1) is 0 Å². The molecule has 0 spiro atoms. The summed E-state index contributed by atoms with van der Waals surface area (Å²) >= 11 is 0. The molecule has 20 heavy (non-hydrogen) atoms. The normalized spacial score (nSPS) is 17.7. The van der Waals surface area contributed by atoms with E-state index in [1.54, 1.807) is 0 Å². The molecule has 0 fully saturated rings. The minimum Gasteiger partial charge on any atom is -0.384 e. The third-order valence-electron chi connectivity index (χ3n) is 3.70. The molecule has 1 unspecified atom stereocenters. The molecule has 2 heterocycles. The minimum absolute atomic E-state index is 0.0377. The van der Waals surface area contributed by atoms with Crippen molar-refractivity contribution in [3.63, 3.8) is 0 Å². The van der Waals surface area contributed by atoms with Gasteiger partial charge in [0.15, 0.2) is 0 Å². The third kappa shape index (κ3) is 1.81. The first-order valence-corrected chi connectivity index (χ1v) is 6.90. The van der Waals surface area contributed by atoms with E-state index >= 15 is 0 Å². The summed E-state index contributed by atoms with van der Waals surface area (Å²) < 4.78 is 1.83. The molecule has 1 atom stereocenters. The molecule has 0 radical (unpaired) electrons. The van der Waals surface area contributed by atoms with Crippen LogP contribution < -0.4 is 11.1 Å². The summed E-state index contributed by atoms with van der Waals surface area (Å²) in [7, 11) is 0. The van der Waals surface area contributed by atoms with E-state index in [1.165, 1.54) is 0 Å². The minimum atomic E-state index is -0.0377. The van der Waals surface area contributed by atoms with E-state index in [4.69, 9.17) is 5.73 Å². The molecule has 0 amide bonds. The van der Waals surface area contributed by atoms with Crippen LogP contribution in [0, 0.1) is 11.3 Å². The number of nitrogens with one attached hydrogen (secondary N) is 1. The van der Waals surface area contributed by atoms with Crippen LogP contribution >= 0.6 is 0 Å². The van der Waals surface area contributed by atoms with Crippen LogP contribution in [0.1, 0.15) is 26.2 Å². The molecule has 0 aliphatic carbocycles. The predicted molar refractivity (Wildman–Crippen MR) is 79.7 cm³/mol. The zero-order chi connectivity index (χ0) is 14.1. The number of hydrogen-bond acceptors (Lipinski definition) is 4. The van der Waals surface area contributed by atoms with E-state index in [0.29, 0.717) is 11.4 Å².